The molecular weight excluding hydrogens is 413 g/mol. The summed E-state index contributed by atoms with van der Waals surface area (Å²) in [7, 11) is 0. The second-order valence-electron chi connectivity index (χ2n) is 8.10. The lowest BCUT2D eigenvalue weighted by Gasteiger charge is -2.47. The van der Waals surface area contributed by atoms with Crippen molar-refractivity contribution in [3.63, 3.8) is 0 Å². The van der Waals surface area contributed by atoms with E-state index < -0.39 is 5.41 Å². The summed E-state index contributed by atoms with van der Waals surface area (Å²) in [5.41, 5.74) is 2.47. The summed E-state index contributed by atoms with van der Waals surface area (Å²) in [6.45, 7) is 2.96. The summed E-state index contributed by atoms with van der Waals surface area (Å²) in [5, 5.41) is 1.38. The van der Waals surface area contributed by atoms with Crippen LogP contribution in [0.15, 0.2) is 78.9 Å². The molecule has 1 heterocycles. The van der Waals surface area contributed by atoms with Crippen LogP contribution in [0, 0.1) is 0 Å². The van der Waals surface area contributed by atoms with Gasteiger partial charge in [-0.1, -0.05) is 65.7 Å². The van der Waals surface area contributed by atoms with Gasteiger partial charge in [0.25, 0.3) is 5.91 Å². The second kappa shape index (κ2) is 8.83. The fourth-order valence-corrected chi connectivity index (χ4v) is 5.08. The molecule has 0 radical (unpaired) electrons. The number of benzene rings is 3. The van der Waals surface area contributed by atoms with E-state index in [1.807, 2.05) is 66.7 Å². The van der Waals surface area contributed by atoms with Crippen molar-refractivity contribution in [3.8, 4) is 0 Å². The maximum Gasteiger partial charge on any atom is 0.254 e. The highest BCUT2D eigenvalue weighted by molar-refractivity contribution is 6.31. The molecule has 3 aromatic carbocycles. The number of nitrogens with zero attached hydrogens (tertiary/aromatic N) is 1. The number of likely N-dealkylation sites (tertiary alicyclic amines) is 1. The van der Waals surface area contributed by atoms with Crippen molar-refractivity contribution in [2.24, 2.45) is 0 Å². The number of carbonyl (C=O) groups is 1. The molecule has 0 spiro atoms. The molecule has 4 rings (SSSR count). The Kier molecular flexibility index (Phi) is 6.17. The number of rotatable bonds is 4. The van der Waals surface area contributed by atoms with E-state index in [0.717, 1.165) is 42.5 Å². The summed E-state index contributed by atoms with van der Waals surface area (Å²) in [6.07, 6.45) is 3.02. The monoisotopic (exact) mass is 437 g/mol. The van der Waals surface area contributed by atoms with Crippen LogP contribution in [-0.2, 0) is 5.41 Å². The lowest BCUT2D eigenvalue weighted by atomic mass is 9.67. The first-order valence-electron chi connectivity index (χ1n) is 10.4. The topological polar surface area (TPSA) is 20.3 Å². The van der Waals surface area contributed by atoms with Gasteiger partial charge in [0.05, 0.1) is 0 Å². The van der Waals surface area contributed by atoms with E-state index in [4.69, 9.17) is 23.2 Å². The van der Waals surface area contributed by atoms with E-state index in [0.29, 0.717) is 10.0 Å². The first-order valence-corrected chi connectivity index (χ1v) is 11.1. The average Bonchev–Trinajstić information content (AvgIpc) is 2.78. The molecule has 0 bridgehead atoms. The molecule has 1 fully saturated rings. The van der Waals surface area contributed by atoms with Crippen molar-refractivity contribution in [2.45, 2.75) is 37.6 Å². The Bertz CT molecular complexity index is 988. The first-order chi connectivity index (χ1) is 14.5. The third-order valence-corrected chi connectivity index (χ3v) is 6.77. The van der Waals surface area contributed by atoms with Gasteiger partial charge < -0.3 is 4.90 Å². The van der Waals surface area contributed by atoms with Crippen molar-refractivity contribution < 1.29 is 4.79 Å². The van der Waals surface area contributed by atoms with Crippen LogP contribution in [0.5, 0.6) is 0 Å². The highest BCUT2D eigenvalue weighted by atomic mass is 35.5. The van der Waals surface area contributed by atoms with E-state index in [1.54, 1.807) is 0 Å². The number of carbonyl (C=O) groups excluding carboxylic acids is 1. The highest BCUT2D eigenvalue weighted by Gasteiger charge is 2.44. The number of hydrogen-bond donors (Lipinski definition) is 0. The number of amides is 1. The molecular formula is C26H25Cl2NO. The molecule has 30 heavy (non-hydrogen) atoms. The third-order valence-electron chi connectivity index (χ3n) is 6.30. The quantitative estimate of drug-likeness (QED) is 0.430. The fourth-order valence-electron chi connectivity index (χ4n) is 4.70. The van der Waals surface area contributed by atoms with Crippen molar-refractivity contribution in [1.29, 1.82) is 0 Å². The lowest BCUT2D eigenvalue weighted by molar-refractivity contribution is 0.0517. The van der Waals surface area contributed by atoms with Gasteiger partial charge in [-0.3, -0.25) is 4.79 Å². The molecule has 1 saturated heterocycles. The van der Waals surface area contributed by atoms with Crippen molar-refractivity contribution in [1.82, 2.24) is 4.90 Å². The molecule has 154 valence electrons. The molecule has 1 aliphatic rings. The molecule has 1 unspecified atom stereocenters. The zero-order chi connectivity index (χ0) is 21.1. The summed E-state index contributed by atoms with van der Waals surface area (Å²) < 4.78 is 0. The van der Waals surface area contributed by atoms with Gasteiger partial charge in [0, 0.05) is 33.6 Å². The standard InChI is InChI=1S/C26H25Cl2NO/c1-26(20-11-7-13-22(27)17-20,21-12-8-14-23(28)18-21)24-15-5-6-16-29(24)25(30)19-9-3-2-4-10-19/h2-4,7-14,17-18,24H,5-6,15-16H2,1H3. The van der Waals surface area contributed by atoms with Crippen molar-refractivity contribution in [3.05, 3.63) is 106 Å². The Labute approximate surface area is 188 Å². The zero-order valence-electron chi connectivity index (χ0n) is 17.0. The second-order valence-corrected chi connectivity index (χ2v) is 8.97. The minimum atomic E-state index is -0.444. The molecule has 3 aromatic rings. The molecule has 0 saturated carbocycles. The minimum absolute atomic E-state index is 0.00381. The number of piperidine rings is 1. The van der Waals surface area contributed by atoms with Gasteiger partial charge in [0.15, 0.2) is 0 Å². The maximum atomic E-state index is 13.5. The molecule has 4 heteroatoms. The maximum absolute atomic E-state index is 13.5. The Morgan fingerprint density at radius 3 is 2.03 bits per heavy atom. The van der Waals surface area contributed by atoms with Crippen molar-refractivity contribution >= 4 is 29.1 Å². The van der Waals surface area contributed by atoms with E-state index in [1.165, 1.54) is 0 Å². The largest absolute Gasteiger partial charge is 0.334 e. The van der Waals surface area contributed by atoms with Gasteiger partial charge in [-0.25, -0.2) is 0 Å². The van der Waals surface area contributed by atoms with Crippen LogP contribution in [0.2, 0.25) is 10.0 Å². The number of halogens is 2. The predicted molar refractivity (Wildman–Crippen MR) is 124 cm³/mol. The van der Waals surface area contributed by atoms with Crippen LogP contribution in [0.25, 0.3) is 0 Å². The van der Waals surface area contributed by atoms with Crippen LogP contribution in [0.1, 0.15) is 47.7 Å². The minimum Gasteiger partial charge on any atom is -0.334 e. The molecule has 1 atom stereocenters. The summed E-state index contributed by atoms with van der Waals surface area (Å²) >= 11 is 12.8. The average molecular weight is 438 g/mol. The Morgan fingerprint density at radius 2 is 1.47 bits per heavy atom. The van der Waals surface area contributed by atoms with E-state index >= 15 is 0 Å². The van der Waals surface area contributed by atoms with Gasteiger partial charge >= 0.3 is 0 Å². The van der Waals surface area contributed by atoms with Crippen LogP contribution in [0.4, 0.5) is 0 Å². The van der Waals surface area contributed by atoms with Gasteiger partial charge in [-0.2, -0.15) is 0 Å². The molecule has 0 aliphatic carbocycles. The van der Waals surface area contributed by atoms with Crippen molar-refractivity contribution in [2.75, 3.05) is 6.54 Å². The molecule has 1 aliphatic heterocycles. The molecule has 1 amide bonds. The Balaban J connectivity index is 1.85. The van der Waals surface area contributed by atoms with Gasteiger partial charge in [0.1, 0.15) is 0 Å². The summed E-state index contributed by atoms with van der Waals surface area (Å²) in [6, 6.07) is 25.5. The predicted octanol–water partition coefficient (Wildman–Crippen LogP) is 6.99. The Hall–Kier alpha value is -2.29. The first kappa shape index (κ1) is 21.0. The van der Waals surface area contributed by atoms with Crippen LogP contribution in [-0.4, -0.2) is 23.4 Å². The SMILES string of the molecule is CC(c1cccc(Cl)c1)(c1cccc(Cl)c1)C1CCCCN1C(=O)c1ccccc1. The van der Waals surface area contributed by atoms with Gasteiger partial charge in [-0.05, 0) is 73.7 Å². The summed E-state index contributed by atoms with van der Waals surface area (Å²) in [5.74, 6) is 0.0792. The van der Waals surface area contributed by atoms with E-state index in [2.05, 4.69) is 24.0 Å². The highest BCUT2D eigenvalue weighted by Crippen LogP contribution is 2.43. The fraction of sp³-hybridized carbons (Fsp3) is 0.269. The van der Waals surface area contributed by atoms with Crippen LogP contribution < -0.4 is 0 Å². The molecule has 2 nitrogen and oxygen atoms in total. The molecule has 0 N–H and O–H groups in total. The molecule has 0 aromatic heterocycles. The van der Waals surface area contributed by atoms with Crippen LogP contribution in [0.3, 0.4) is 0 Å². The Morgan fingerprint density at radius 1 is 0.867 bits per heavy atom. The number of hydrogen-bond acceptors (Lipinski definition) is 1. The zero-order valence-corrected chi connectivity index (χ0v) is 18.5. The normalized spacial score (nSPS) is 17.0. The van der Waals surface area contributed by atoms with E-state index in [-0.39, 0.29) is 11.9 Å². The third kappa shape index (κ3) is 3.99. The van der Waals surface area contributed by atoms with Crippen LogP contribution >= 0.6 is 23.2 Å². The summed E-state index contributed by atoms with van der Waals surface area (Å²) in [4.78, 5) is 15.6. The van der Waals surface area contributed by atoms with Gasteiger partial charge in [0.2, 0.25) is 0 Å². The van der Waals surface area contributed by atoms with Gasteiger partial charge in [-0.15, -0.1) is 0 Å². The lowest BCUT2D eigenvalue weighted by Crippen LogP contribution is -2.54. The smallest absolute Gasteiger partial charge is 0.254 e. The van der Waals surface area contributed by atoms with E-state index in [9.17, 15) is 4.79 Å².